The lowest BCUT2D eigenvalue weighted by Gasteiger charge is -2.03. The molecule has 1 heterocycles. The van der Waals surface area contributed by atoms with Gasteiger partial charge in [-0.25, -0.2) is 0 Å². The minimum absolute atomic E-state index is 0.436. The van der Waals surface area contributed by atoms with Crippen LogP contribution in [-0.2, 0) is 12.3 Å². The highest BCUT2D eigenvalue weighted by Crippen LogP contribution is 2.13. The third kappa shape index (κ3) is 5.51. The second-order valence-corrected chi connectivity index (χ2v) is 5.58. The van der Waals surface area contributed by atoms with Gasteiger partial charge in [-0.2, -0.15) is 16.7 Å². The molecular weight excluding hydrogens is 222 g/mol. The van der Waals surface area contributed by atoms with Crippen molar-refractivity contribution in [2.24, 2.45) is 5.92 Å². The molecule has 0 unspecified atom stereocenters. The second-order valence-electron chi connectivity index (χ2n) is 4.55. The Hall–Kier alpha value is -0.550. The van der Waals surface area contributed by atoms with Crippen LogP contribution in [0, 0.1) is 5.92 Å². The first kappa shape index (κ1) is 13.5. The van der Waals surface area contributed by atoms with E-state index in [0.717, 1.165) is 17.3 Å². The standard InChI is InChI=1S/C11H21N3OS/c1-8(2)6-16-7-10-13-11(15-14-10)5-12-9(3)4/h8-9,12H,5-7H2,1-4H3. The molecule has 0 aliphatic rings. The van der Waals surface area contributed by atoms with Crippen LogP contribution >= 0.6 is 11.8 Å². The zero-order chi connectivity index (χ0) is 12.0. The molecule has 0 fully saturated rings. The Morgan fingerprint density at radius 2 is 2.06 bits per heavy atom. The van der Waals surface area contributed by atoms with Gasteiger partial charge in [0.1, 0.15) is 0 Å². The van der Waals surface area contributed by atoms with Gasteiger partial charge in [0.2, 0.25) is 5.89 Å². The maximum Gasteiger partial charge on any atom is 0.240 e. The molecule has 92 valence electrons. The molecule has 0 saturated heterocycles. The van der Waals surface area contributed by atoms with Crippen LogP contribution in [0.15, 0.2) is 4.52 Å². The van der Waals surface area contributed by atoms with Crippen molar-refractivity contribution < 1.29 is 4.52 Å². The SMILES string of the molecule is CC(C)CSCc1noc(CNC(C)C)n1. The molecule has 0 bridgehead atoms. The molecular formula is C11H21N3OS. The Bertz CT molecular complexity index is 299. The summed E-state index contributed by atoms with van der Waals surface area (Å²) >= 11 is 1.85. The van der Waals surface area contributed by atoms with Crippen molar-refractivity contribution in [1.82, 2.24) is 15.5 Å². The van der Waals surface area contributed by atoms with Gasteiger partial charge in [-0.3, -0.25) is 0 Å². The quantitative estimate of drug-likeness (QED) is 0.797. The summed E-state index contributed by atoms with van der Waals surface area (Å²) in [6.07, 6.45) is 0. The van der Waals surface area contributed by atoms with Gasteiger partial charge in [-0.1, -0.05) is 32.9 Å². The van der Waals surface area contributed by atoms with Crippen molar-refractivity contribution in [3.05, 3.63) is 11.7 Å². The second kappa shape index (κ2) is 6.91. The van der Waals surface area contributed by atoms with Gasteiger partial charge >= 0.3 is 0 Å². The number of aromatic nitrogens is 2. The summed E-state index contributed by atoms with van der Waals surface area (Å²) in [6.45, 7) is 9.26. The van der Waals surface area contributed by atoms with Crippen molar-refractivity contribution in [2.75, 3.05) is 5.75 Å². The van der Waals surface area contributed by atoms with E-state index in [2.05, 4.69) is 43.2 Å². The Kier molecular flexibility index (Phi) is 5.84. The van der Waals surface area contributed by atoms with E-state index >= 15 is 0 Å². The topological polar surface area (TPSA) is 51.0 Å². The van der Waals surface area contributed by atoms with Crippen molar-refractivity contribution in [1.29, 1.82) is 0 Å². The van der Waals surface area contributed by atoms with Crippen LogP contribution in [0.25, 0.3) is 0 Å². The van der Waals surface area contributed by atoms with E-state index in [0.29, 0.717) is 24.4 Å². The van der Waals surface area contributed by atoms with E-state index in [-0.39, 0.29) is 0 Å². The smallest absolute Gasteiger partial charge is 0.240 e. The summed E-state index contributed by atoms with van der Waals surface area (Å²) in [4.78, 5) is 4.32. The predicted molar refractivity (Wildman–Crippen MR) is 67.3 cm³/mol. The lowest BCUT2D eigenvalue weighted by molar-refractivity contribution is 0.358. The summed E-state index contributed by atoms with van der Waals surface area (Å²) in [7, 11) is 0. The molecule has 0 aliphatic carbocycles. The van der Waals surface area contributed by atoms with Gasteiger partial charge in [0.05, 0.1) is 12.3 Å². The molecule has 0 amide bonds. The number of thioether (sulfide) groups is 1. The van der Waals surface area contributed by atoms with Crippen LogP contribution < -0.4 is 5.32 Å². The molecule has 0 atom stereocenters. The first-order valence-corrected chi connectivity index (χ1v) is 6.86. The monoisotopic (exact) mass is 243 g/mol. The van der Waals surface area contributed by atoms with Crippen molar-refractivity contribution >= 4 is 11.8 Å². The van der Waals surface area contributed by atoms with Crippen LogP contribution in [0.2, 0.25) is 0 Å². The largest absolute Gasteiger partial charge is 0.338 e. The molecule has 0 saturated carbocycles. The van der Waals surface area contributed by atoms with Crippen molar-refractivity contribution in [3.63, 3.8) is 0 Å². The molecule has 16 heavy (non-hydrogen) atoms. The molecule has 1 N–H and O–H groups in total. The molecule has 0 aromatic carbocycles. The van der Waals surface area contributed by atoms with E-state index in [1.165, 1.54) is 0 Å². The number of rotatable bonds is 7. The van der Waals surface area contributed by atoms with Crippen LogP contribution in [0.3, 0.4) is 0 Å². The van der Waals surface area contributed by atoms with Gasteiger partial charge in [-0.15, -0.1) is 0 Å². The van der Waals surface area contributed by atoms with E-state index in [9.17, 15) is 0 Å². The first-order valence-electron chi connectivity index (χ1n) is 5.70. The molecule has 0 spiro atoms. The number of nitrogens with zero attached hydrogens (tertiary/aromatic N) is 2. The normalized spacial score (nSPS) is 11.6. The Labute approximate surface area is 102 Å². The molecule has 1 aromatic heterocycles. The van der Waals surface area contributed by atoms with Crippen LogP contribution in [0.4, 0.5) is 0 Å². The van der Waals surface area contributed by atoms with Gasteiger partial charge in [-0.05, 0) is 11.7 Å². The number of hydrogen-bond donors (Lipinski definition) is 1. The zero-order valence-corrected chi connectivity index (χ0v) is 11.3. The van der Waals surface area contributed by atoms with Crippen LogP contribution in [0.5, 0.6) is 0 Å². The summed E-state index contributed by atoms with van der Waals surface area (Å²) < 4.78 is 5.14. The van der Waals surface area contributed by atoms with E-state index < -0.39 is 0 Å². The summed E-state index contributed by atoms with van der Waals surface area (Å²) in [5.74, 6) is 4.15. The fraction of sp³-hybridized carbons (Fsp3) is 0.818. The van der Waals surface area contributed by atoms with Gasteiger partial charge in [0, 0.05) is 6.04 Å². The molecule has 5 heteroatoms. The average Bonchev–Trinajstić information content (AvgIpc) is 2.62. The summed E-state index contributed by atoms with van der Waals surface area (Å²) in [6, 6.07) is 0.436. The van der Waals surface area contributed by atoms with Crippen molar-refractivity contribution in [2.45, 2.75) is 46.0 Å². The summed E-state index contributed by atoms with van der Waals surface area (Å²) in [5.41, 5.74) is 0. The van der Waals surface area contributed by atoms with E-state index in [4.69, 9.17) is 4.52 Å². The van der Waals surface area contributed by atoms with Gasteiger partial charge in [0.25, 0.3) is 0 Å². The van der Waals surface area contributed by atoms with Crippen LogP contribution in [-0.4, -0.2) is 21.9 Å². The molecule has 0 radical (unpaired) electrons. The molecule has 0 aliphatic heterocycles. The summed E-state index contributed by atoms with van der Waals surface area (Å²) in [5, 5.41) is 7.19. The fourth-order valence-electron chi connectivity index (χ4n) is 1.10. The Balaban J connectivity index is 2.28. The minimum Gasteiger partial charge on any atom is -0.338 e. The number of hydrogen-bond acceptors (Lipinski definition) is 5. The Morgan fingerprint density at radius 3 is 2.69 bits per heavy atom. The lowest BCUT2D eigenvalue weighted by atomic mass is 10.3. The zero-order valence-electron chi connectivity index (χ0n) is 10.5. The van der Waals surface area contributed by atoms with Crippen molar-refractivity contribution in [3.8, 4) is 0 Å². The van der Waals surface area contributed by atoms with E-state index in [1.807, 2.05) is 11.8 Å². The average molecular weight is 243 g/mol. The fourth-order valence-corrected chi connectivity index (χ4v) is 1.99. The molecule has 1 aromatic rings. The van der Waals surface area contributed by atoms with Gasteiger partial charge < -0.3 is 9.84 Å². The highest BCUT2D eigenvalue weighted by Gasteiger charge is 2.06. The predicted octanol–water partition coefficient (Wildman–Crippen LogP) is 2.46. The maximum absolute atomic E-state index is 5.14. The third-order valence-electron chi connectivity index (χ3n) is 1.85. The lowest BCUT2D eigenvalue weighted by Crippen LogP contribution is -2.21. The number of nitrogens with one attached hydrogen (secondary N) is 1. The highest BCUT2D eigenvalue weighted by atomic mass is 32.2. The van der Waals surface area contributed by atoms with Gasteiger partial charge in [0.15, 0.2) is 5.82 Å². The van der Waals surface area contributed by atoms with Crippen LogP contribution in [0.1, 0.15) is 39.4 Å². The third-order valence-corrected chi connectivity index (χ3v) is 3.22. The minimum atomic E-state index is 0.436. The Morgan fingerprint density at radius 1 is 1.31 bits per heavy atom. The van der Waals surface area contributed by atoms with E-state index in [1.54, 1.807) is 0 Å². The highest BCUT2D eigenvalue weighted by molar-refractivity contribution is 7.98. The maximum atomic E-state index is 5.14. The molecule has 4 nitrogen and oxygen atoms in total. The first-order chi connectivity index (χ1) is 7.58. The molecule has 1 rings (SSSR count).